The maximum atomic E-state index is 5.84. The zero-order chi connectivity index (χ0) is 21.4. The summed E-state index contributed by atoms with van der Waals surface area (Å²) in [5, 5.41) is 8.56. The second-order valence-electron chi connectivity index (χ2n) is 9.08. The Bertz CT molecular complexity index is 1060. The Morgan fingerprint density at radius 2 is 1.74 bits per heavy atom. The molecule has 2 aliphatic rings. The van der Waals surface area contributed by atoms with E-state index in [4.69, 9.17) is 9.84 Å². The number of nitrogens with zero attached hydrogens (tertiary/aromatic N) is 3. The molecule has 2 aliphatic heterocycles. The largest absolute Gasteiger partial charge is 0.377 e. The van der Waals surface area contributed by atoms with Crippen LogP contribution in [0.2, 0.25) is 0 Å². The molecule has 3 heterocycles. The van der Waals surface area contributed by atoms with Crippen molar-refractivity contribution in [2.45, 2.75) is 37.9 Å². The van der Waals surface area contributed by atoms with Gasteiger partial charge in [0.25, 0.3) is 0 Å². The highest BCUT2D eigenvalue weighted by molar-refractivity contribution is 5.73. The fraction of sp³-hybridized carbons (Fsp3) is 0.346. The molecular weight excluding hydrogens is 384 g/mol. The highest BCUT2D eigenvalue weighted by Crippen LogP contribution is 2.43. The summed E-state index contributed by atoms with van der Waals surface area (Å²) < 4.78 is 7.97. The van der Waals surface area contributed by atoms with Gasteiger partial charge in [-0.25, -0.2) is 4.68 Å². The lowest BCUT2D eigenvalue weighted by Gasteiger charge is -2.41. The fourth-order valence-corrected chi connectivity index (χ4v) is 4.88. The van der Waals surface area contributed by atoms with Gasteiger partial charge in [-0.15, -0.1) is 0 Å². The molecule has 5 heteroatoms. The SMILES string of the molecule is C=C(c1cnn2c1NC(c1ccccc1)CC2(C)C)N1CCOC[C@@H]1c1ccccc1. The summed E-state index contributed by atoms with van der Waals surface area (Å²) in [6, 6.07) is 21.6. The first-order chi connectivity index (χ1) is 15.0. The van der Waals surface area contributed by atoms with Crippen molar-refractivity contribution in [1.82, 2.24) is 14.7 Å². The minimum Gasteiger partial charge on any atom is -0.377 e. The van der Waals surface area contributed by atoms with Gasteiger partial charge in [-0.05, 0) is 31.4 Å². The number of benzene rings is 2. The smallest absolute Gasteiger partial charge is 0.134 e. The van der Waals surface area contributed by atoms with Gasteiger partial charge in [0.1, 0.15) is 5.82 Å². The molecule has 1 aromatic heterocycles. The predicted octanol–water partition coefficient (Wildman–Crippen LogP) is 5.22. The molecule has 0 saturated carbocycles. The molecule has 1 N–H and O–H groups in total. The van der Waals surface area contributed by atoms with E-state index in [1.807, 2.05) is 6.20 Å². The summed E-state index contributed by atoms with van der Waals surface area (Å²) >= 11 is 0. The van der Waals surface area contributed by atoms with Gasteiger partial charge in [-0.1, -0.05) is 67.2 Å². The second-order valence-corrected chi connectivity index (χ2v) is 9.08. The highest BCUT2D eigenvalue weighted by Gasteiger charge is 2.37. The van der Waals surface area contributed by atoms with Crippen LogP contribution in [0.25, 0.3) is 5.70 Å². The third-order valence-corrected chi connectivity index (χ3v) is 6.53. The first-order valence-corrected chi connectivity index (χ1v) is 11.0. The molecule has 3 aromatic rings. The Hall–Kier alpha value is -3.05. The normalized spacial score (nSPS) is 22.5. The van der Waals surface area contributed by atoms with Gasteiger partial charge < -0.3 is 15.0 Å². The summed E-state index contributed by atoms with van der Waals surface area (Å²) in [5.41, 5.74) is 4.52. The summed E-state index contributed by atoms with van der Waals surface area (Å²) in [6.45, 7) is 11.2. The van der Waals surface area contributed by atoms with Crippen LogP contribution in [0.3, 0.4) is 0 Å². The van der Waals surface area contributed by atoms with Crippen molar-refractivity contribution in [3.63, 3.8) is 0 Å². The maximum Gasteiger partial charge on any atom is 0.134 e. The van der Waals surface area contributed by atoms with Crippen LogP contribution < -0.4 is 5.32 Å². The van der Waals surface area contributed by atoms with Gasteiger partial charge >= 0.3 is 0 Å². The molecule has 0 spiro atoms. The number of nitrogens with one attached hydrogen (secondary N) is 1. The number of rotatable bonds is 4. The van der Waals surface area contributed by atoms with Crippen LogP contribution in [-0.2, 0) is 10.3 Å². The summed E-state index contributed by atoms with van der Waals surface area (Å²) in [7, 11) is 0. The van der Waals surface area contributed by atoms with Crippen molar-refractivity contribution in [1.29, 1.82) is 0 Å². The predicted molar refractivity (Wildman–Crippen MR) is 125 cm³/mol. The number of anilines is 1. The average molecular weight is 415 g/mol. The number of aromatic nitrogens is 2. The van der Waals surface area contributed by atoms with Gasteiger partial charge in [-0.2, -0.15) is 5.10 Å². The van der Waals surface area contributed by atoms with Gasteiger partial charge in [-0.3, -0.25) is 0 Å². The van der Waals surface area contributed by atoms with Crippen molar-refractivity contribution < 1.29 is 4.74 Å². The van der Waals surface area contributed by atoms with Crippen LogP contribution in [0.4, 0.5) is 5.82 Å². The molecule has 1 saturated heterocycles. The van der Waals surface area contributed by atoms with E-state index in [1.165, 1.54) is 11.1 Å². The van der Waals surface area contributed by atoms with Crippen molar-refractivity contribution in [3.05, 3.63) is 90.1 Å². The molecule has 0 bridgehead atoms. The third kappa shape index (κ3) is 3.63. The molecule has 1 fully saturated rings. The quantitative estimate of drug-likeness (QED) is 0.636. The Kier molecular flexibility index (Phi) is 5.06. The fourth-order valence-electron chi connectivity index (χ4n) is 4.88. The van der Waals surface area contributed by atoms with E-state index in [9.17, 15) is 0 Å². The molecule has 0 radical (unpaired) electrons. The lowest BCUT2D eigenvalue weighted by atomic mass is 9.89. The van der Waals surface area contributed by atoms with Crippen LogP contribution in [0, 0.1) is 0 Å². The standard InChI is InChI=1S/C26H30N4O/c1-19(29-14-15-31-18-24(29)21-12-8-5-9-13-21)22-17-27-30-25(22)28-23(16-26(30,2)3)20-10-6-4-7-11-20/h4-13,17,23-24,28H,1,14-16,18H2,2-3H3/t23?,24-/m1/s1. The summed E-state index contributed by atoms with van der Waals surface area (Å²) in [6.07, 6.45) is 2.94. The van der Waals surface area contributed by atoms with E-state index in [2.05, 4.69) is 96.0 Å². The highest BCUT2D eigenvalue weighted by atomic mass is 16.5. The monoisotopic (exact) mass is 414 g/mol. The average Bonchev–Trinajstić information content (AvgIpc) is 3.24. The summed E-state index contributed by atoms with van der Waals surface area (Å²) in [4.78, 5) is 2.37. The molecular formula is C26H30N4O. The number of morpholine rings is 1. The molecule has 5 rings (SSSR count). The van der Waals surface area contributed by atoms with Crippen molar-refractivity contribution in [2.24, 2.45) is 0 Å². The summed E-state index contributed by atoms with van der Waals surface area (Å²) in [5.74, 6) is 1.05. The number of ether oxygens (including phenoxy) is 1. The van der Waals surface area contributed by atoms with Crippen molar-refractivity contribution in [3.8, 4) is 0 Å². The number of fused-ring (bicyclic) bond motifs is 1. The van der Waals surface area contributed by atoms with Gasteiger partial charge in [0.15, 0.2) is 0 Å². The lowest BCUT2D eigenvalue weighted by molar-refractivity contribution is 0.0211. The minimum atomic E-state index is -0.0938. The first-order valence-electron chi connectivity index (χ1n) is 11.0. The molecule has 2 atom stereocenters. The first kappa shape index (κ1) is 19.9. The second kappa shape index (κ2) is 7.89. The molecule has 1 unspecified atom stereocenters. The Labute approximate surface area is 184 Å². The lowest BCUT2D eigenvalue weighted by Crippen LogP contribution is -2.39. The molecule has 2 aromatic carbocycles. The van der Waals surface area contributed by atoms with Gasteiger partial charge in [0.05, 0.1) is 42.6 Å². The molecule has 0 aliphatic carbocycles. The topological polar surface area (TPSA) is 42.3 Å². The van der Waals surface area contributed by atoms with Crippen molar-refractivity contribution in [2.75, 3.05) is 25.1 Å². The number of hydrogen-bond donors (Lipinski definition) is 1. The Balaban J connectivity index is 1.49. The van der Waals surface area contributed by atoms with Crippen LogP contribution in [-0.4, -0.2) is 34.4 Å². The van der Waals surface area contributed by atoms with Crippen LogP contribution in [0.1, 0.15) is 49.0 Å². The number of hydrogen-bond acceptors (Lipinski definition) is 4. The molecule has 0 amide bonds. The van der Waals surface area contributed by atoms with E-state index in [0.717, 1.165) is 30.0 Å². The Morgan fingerprint density at radius 3 is 2.45 bits per heavy atom. The molecule has 5 nitrogen and oxygen atoms in total. The molecule has 160 valence electrons. The third-order valence-electron chi connectivity index (χ3n) is 6.53. The van der Waals surface area contributed by atoms with Gasteiger partial charge in [0, 0.05) is 12.2 Å². The van der Waals surface area contributed by atoms with Crippen LogP contribution in [0.15, 0.2) is 73.4 Å². The molecule has 31 heavy (non-hydrogen) atoms. The Morgan fingerprint density at radius 1 is 1.06 bits per heavy atom. The van der Waals surface area contributed by atoms with Crippen LogP contribution in [0.5, 0.6) is 0 Å². The van der Waals surface area contributed by atoms with E-state index in [-0.39, 0.29) is 17.6 Å². The van der Waals surface area contributed by atoms with E-state index in [1.54, 1.807) is 0 Å². The minimum absolute atomic E-state index is 0.0938. The zero-order valence-corrected chi connectivity index (χ0v) is 18.3. The van der Waals surface area contributed by atoms with Crippen LogP contribution >= 0.6 is 0 Å². The zero-order valence-electron chi connectivity index (χ0n) is 18.3. The maximum absolute atomic E-state index is 5.84. The van der Waals surface area contributed by atoms with E-state index >= 15 is 0 Å². The van der Waals surface area contributed by atoms with E-state index in [0.29, 0.717) is 13.2 Å². The van der Waals surface area contributed by atoms with E-state index < -0.39 is 0 Å². The van der Waals surface area contributed by atoms with Crippen molar-refractivity contribution >= 4 is 11.5 Å². The van der Waals surface area contributed by atoms with Gasteiger partial charge in [0.2, 0.25) is 0 Å².